The Kier molecular flexibility index (Phi) is 5.11. The molecular weight excluding hydrogens is 451 g/mol. The van der Waals surface area contributed by atoms with E-state index in [2.05, 4.69) is 9.97 Å². The number of carbonyl (C=O) groups excluding carboxylic acids is 1. The first-order chi connectivity index (χ1) is 15.4. The molecule has 0 saturated heterocycles. The Labute approximate surface area is 191 Å². The van der Waals surface area contributed by atoms with Crippen molar-refractivity contribution in [3.05, 3.63) is 80.6 Å². The van der Waals surface area contributed by atoms with Crippen LogP contribution in [-0.4, -0.2) is 20.4 Å². The van der Waals surface area contributed by atoms with Crippen LogP contribution in [0.25, 0.3) is 22.6 Å². The van der Waals surface area contributed by atoms with Gasteiger partial charge in [-0.15, -0.1) is 11.3 Å². The molecule has 1 amide bonds. The molecule has 32 heavy (non-hydrogen) atoms. The highest BCUT2D eigenvalue weighted by atomic mass is 35.5. The number of nitrogens with zero attached hydrogens (tertiary/aromatic N) is 4. The zero-order valence-electron chi connectivity index (χ0n) is 16.9. The molecule has 0 atom stereocenters. The molecular formula is C23H16ClFN4O2S. The van der Waals surface area contributed by atoms with E-state index >= 15 is 0 Å². The lowest BCUT2D eigenvalue weighted by Crippen LogP contribution is -2.23. The van der Waals surface area contributed by atoms with Crippen LogP contribution in [0.4, 0.5) is 15.2 Å². The monoisotopic (exact) mass is 466 g/mol. The number of halogens is 2. The fraction of sp³-hybridized carbons (Fsp3) is 0.130. The van der Waals surface area contributed by atoms with Gasteiger partial charge in [0.15, 0.2) is 5.13 Å². The number of amides is 1. The Morgan fingerprint density at radius 3 is 2.84 bits per heavy atom. The van der Waals surface area contributed by atoms with Crippen LogP contribution < -0.4 is 10.5 Å². The molecule has 2 aromatic carbocycles. The normalized spacial score (nSPS) is 14.2. The summed E-state index contributed by atoms with van der Waals surface area (Å²) in [6.07, 6.45) is 2.48. The number of rotatable bonds is 3. The Bertz CT molecular complexity index is 1480. The van der Waals surface area contributed by atoms with Crippen molar-refractivity contribution in [3.8, 4) is 0 Å². The Morgan fingerprint density at radius 2 is 2.06 bits per heavy atom. The van der Waals surface area contributed by atoms with Gasteiger partial charge in [0.1, 0.15) is 11.6 Å². The van der Waals surface area contributed by atoms with Gasteiger partial charge in [-0.05, 0) is 48.4 Å². The van der Waals surface area contributed by atoms with Crippen molar-refractivity contribution in [1.82, 2.24) is 14.5 Å². The first kappa shape index (κ1) is 20.5. The second kappa shape index (κ2) is 7.96. The summed E-state index contributed by atoms with van der Waals surface area (Å²) in [5.74, 6) is -0.264. The lowest BCUT2D eigenvalue weighted by atomic mass is 10.2. The van der Waals surface area contributed by atoms with E-state index < -0.39 is 5.82 Å². The van der Waals surface area contributed by atoms with Crippen molar-refractivity contribution in [2.75, 3.05) is 4.90 Å². The standard InChI is InChI=1S/C23H16ClFN4O2S/c1-13(30)29(20-5-3-2-4-18(20)25)23-26-16(12-32-23)10-14-8-9-28-21(14)27-19-11-15(24)6-7-17(19)22(28)31/h2-7,10-12H,8-9H2,1H3. The number of fused-ring (bicyclic) bond motifs is 2. The predicted molar refractivity (Wildman–Crippen MR) is 125 cm³/mol. The highest BCUT2D eigenvalue weighted by molar-refractivity contribution is 7.14. The average Bonchev–Trinajstić information content (AvgIpc) is 3.37. The summed E-state index contributed by atoms with van der Waals surface area (Å²) in [4.78, 5) is 35.5. The van der Waals surface area contributed by atoms with Gasteiger partial charge in [0.2, 0.25) is 5.91 Å². The number of aromatic nitrogens is 3. The van der Waals surface area contributed by atoms with E-state index in [9.17, 15) is 14.0 Å². The van der Waals surface area contributed by atoms with E-state index in [-0.39, 0.29) is 17.2 Å². The van der Waals surface area contributed by atoms with E-state index in [0.717, 1.165) is 5.57 Å². The van der Waals surface area contributed by atoms with Gasteiger partial charge >= 0.3 is 0 Å². The summed E-state index contributed by atoms with van der Waals surface area (Å²) in [5, 5.41) is 3.19. The van der Waals surface area contributed by atoms with Crippen molar-refractivity contribution < 1.29 is 9.18 Å². The smallest absolute Gasteiger partial charge is 0.261 e. The summed E-state index contributed by atoms with van der Waals surface area (Å²) in [6.45, 7) is 1.89. The van der Waals surface area contributed by atoms with Gasteiger partial charge in [-0.2, -0.15) is 0 Å². The maximum Gasteiger partial charge on any atom is 0.261 e. The molecule has 0 aliphatic carbocycles. The molecule has 2 aromatic heterocycles. The lowest BCUT2D eigenvalue weighted by Gasteiger charge is -2.18. The third kappa shape index (κ3) is 3.51. The van der Waals surface area contributed by atoms with Gasteiger partial charge in [0, 0.05) is 23.9 Å². The van der Waals surface area contributed by atoms with Crippen LogP contribution in [-0.2, 0) is 11.3 Å². The number of thiazole rings is 1. The summed E-state index contributed by atoms with van der Waals surface area (Å²) < 4.78 is 15.9. The maximum absolute atomic E-state index is 14.3. The van der Waals surface area contributed by atoms with Crippen LogP contribution in [0.3, 0.4) is 0 Å². The number of allylic oxidation sites excluding steroid dienone is 1. The first-order valence-electron chi connectivity index (χ1n) is 9.84. The molecule has 3 heterocycles. The van der Waals surface area contributed by atoms with E-state index in [1.54, 1.807) is 40.3 Å². The van der Waals surface area contributed by atoms with Crippen LogP contribution in [0.15, 0.2) is 52.6 Å². The molecule has 0 saturated carbocycles. The SMILES string of the molecule is CC(=O)N(c1nc(C=C2CCn3c2nc2cc(Cl)ccc2c3=O)cs1)c1ccccc1F. The largest absolute Gasteiger partial charge is 0.292 e. The van der Waals surface area contributed by atoms with Crippen LogP contribution in [0.1, 0.15) is 24.9 Å². The van der Waals surface area contributed by atoms with Crippen LogP contribution in [0.5, 0.6) is 0 Å². The number of para-hydroxylation sites is 1. The minimum Gasteiger partial charge on any atom is -0.292 e. The van der Waals surface area contributed by atoms with Gasteiger partial charge in [-0.1, -0.05) is 23.7 Å². The van der Waals surface area contributed by atoms with Crippen LogP contribution in [0.2, 0.25) is 5.02 Å². The minimum absolute atomic E-state index is 0.105. The molecule has 0 unspecified atom stereocenters. The van der Waals surface area contributed by atoms with E-state index in [0.29, 0.717) is 45.5 Å². The predicted octanol–water partition coefficient (Wildman–Crippen LogP) is 5.27. The van der Waals surface area contributed by atoms with Gasteiger partial charge < -0.3 is 0 Å². The van der Waals surface area contributed by atoms with E-state index in [1.165, 1.54) is 35.3 Å². The molecule has 0 bridgehead atoms. The number of hydrogen-bond acceptors (Lipinski definition) is 5. The average molecular weight is 467 g/mol. The summed E-state index contributed by atoms with van der Waals surface area (Å²) in [6, 6.07) is 11.1. The first-order valence-corrected chi connectivity index (χ1v) is 11.1. The molecule has 0 fully saturated rings. The van der Waals surface area contributed by atoms with E-state index in [4.69, 9.17) is 11.6 Å². The number of carbonyl (C=O) groups is 1. The lowest BCUT2D eigenvalue weighted by molar-refractivity contribution is -0.115. The van der Waals surface area contributed by atoms with Gasteiger partial charge in [0.25, 0.3) is 5.56 Å². The van der Waals surface area contributed by atoms with Crippen molar-refractivity contribution in [3.63, 3.8) is 0 Å². The molecule has 0 radical (unpaired) electrons. The highest BCUT2D eigenvalue weighted by Gasteiger charge is 2.23. The third-order valence-corrected chi connectivity index (χ3v) is 6.32. The number of benzene rings is 2. The quantitative estimate of drug-likeness (QED) is 0.412. The summed E-state index contributed by atoms with van der Waals surface area (Å²) in [5.41, 5.74) is 2.06. The van der Waals surface area contributed by atoms with Gasteiger partial charge in [-0.25, -0.2) is 14.4 Å². The molecule has 5 rings (SSSR count). The van der Waals surface area contributed by atoms with Crippen molar-refractivity contribution >= 4 is 62.2 Å². The fourth-order valence-corrected chi connectivity index (χ4v) is 4.80. The minimum atomic E-state index is -0.503. The molecule has 160 valence electrons. The Hall–Kier alpha value is -3.36. The molecule has 9 heteroatoms. The zero-order valence-corrected chi connectivity index (χ0v) is 18.5. The molecule has 4 aromatic rings. The second-order valence-corrected chi connectivity index (χ2v) is 8.61. The highest BCUT2D eigenvalue weighted by Crippen LogP contribution is 2.33. The van der Waals surface area contributed by atoms with E-state index in [1.807, 2.05) is 6.08 Å². The molecule has 6 nitrogen and oxygen atoms in total. The Balaban J connectivity index is 1.55. The van der Waals surface area contributed by atoms with Gasteiger partial charge in [-0.3, -0.25) is 19.1 Å². The molecule has 1 aliphatic rings. The van der Waals surface area contributed by atoms with Crippen molar-refractivity contribution in [2.45, 2.75) is 19.9 Å². The summed E-state index contributed by atoms with van der Waals surface area (Å²) in [7, 11) is 0. The Morgan fingerprint density at radius 1 is 1.25 bits per heavy atom. The van der Waals surface area contributed by atoms with Crippen molar-refractivity contribution in [1.29, 1.82) is 0 Å². The van der Waals surface area contributed by atoms with Crippen LogP contribution >= 0.6 is 22.9 Å². The summed E-state index contributed by atoms with van der Waals surface area (Å²) >= 11 is 7.31. The van der Waals surface area contributed by atoms with Crippen molar-refractivity contribution in [2.24, 2.45) is 0 Å². The number of anilines is 2. The zero-order chi connectivity index (χ0) is 22.4. The number of hydrogen-bond donors (Lipinski definition) is 0. The topological polar surface area (TPSA) is 68.1 Å². The maximum atomic E-state index is 14.3. The van der Waals surface area contributed by atoms with Gasteiger partial charge in [0.05, 0.1) is 22.3 Å². The third-order valence-electron chi connectivity index (χ3n) is 5.24. The van der Waals surface area contributed by atoms with Crippen LogP contribution in [0, 0.1) is 5.82 Å². The fourth-order valence-electron chi connectivity index (χ4n) is 3.79. The molecule has 0 spiro atoms. The molecule has 1 aliphatic heterocycles. The second-order valence-electron chi connectivity index (χ2n) is 7.33. The molecule has 0 N–H and O–H groups in total.